The molecule has 0 aromatic carbocycles. The molecule has 362 valence electrons. The largest absolute Gasteiger partial charge is 0.456 e. The second kappa shape index (κ2) is 23.8. The molecule has 4 heterocycles. The number of aliphatic hydroxyl groups excluding tert-OH is 1. The van der Waals surface area contributed by atoms with Crippen LogP contribution in [-0.2, 0) is 47.6 Å². The Bertz CT molecular complexity index is 1850. The second-order valence-electron chi connectivity index (χ2n) is 19.1. The van der Waals surface area contributed by atoms with Gasteiger partial charge in [-0.1, -0.05) is 45.4 Å². The van der Waals surface area contributed by atoms with Crippen molar-refractivity contribution in [1.29, 1.82) is 0 Å². The molecule has 3 fully saturated rings. The van der Waals surface area contributed by atoms with Gasteiger partial charge >= 0.3 is 5.97 Å². The highest BCUT2D eigenvalue weighted by molar-refractivity contribution is 6.39. The van der Waals surface area contributed by atoms with Crippen molar-refractivity contribution in [3.05, 3.63) is 53.4 Å². The molecule has 1 aliphatic carbocycles. The summed E-state index contributed by atoms with van der Waals surface area (Å²) < 4.78 is 36.3. The molecule has 2 saturated heterocycles. The lowest BCUT2D eigenvalue weighted by atomic mass is 9.81. The smallest absolute Gasteiger partial charge is 0.329 e. The lowest BCUT2D eigenvalue weighted by Crippen LogP contribution is -2.64. The van der Waals surface area contributed by atoms with Crippen molar-refractivity contribution in [3.63, 3.8) is 0 Å². The Morgan fingerprint density at radius 1 is 0.954 bits per heavy atom. The fourth-order valence-electron chi connectivity index (χ4n) is 10.4. The van der Waals surface area contributed by atoms with Gasteiger partial charge < -0.3 is 43.5 Å². The number of aliphatic hydroxyl groups is 2. The number of ether oxygens (including phenoxy) is 6. The van der Waals surface area contributed by atoms with Gasteiger partial charge in [0.1, 0.15) is 30.6 Å². The van der Waals surface area contributed by atoms with E-state index in [9.17, 15) is 34.2 Å². The van der Waals surface area contributed by atoms with Crippen LogP contribution in [0.2, 0.25) is 0 Å². The first-order valence-electron chi connectivity index (χ1n) is 23.6. The van der Waals surface area contributed by atoms with Gasteiger partial charge in [0.15, 0.2) is 5.78 Å². The van der Waals surface area contributed by atoms with E-state index in [4.69, 9.17) is 28.4 Å². The van der Waals surface area contributed by atoms with Crippen LogP contribution in [0.25, 0.3) is 0 Å². The van der Waals surface area contributed by atoms with Gasteiger partial charge in [-0.2, -0.15) is 0 Å². The first-order chi connectivity index (χ1) is 30.9. The Labute approximate surface area is 385 Å². The summed E-state index contributed by atoms with van der Waals surface area (Å²) in [6.45, 7) is 11.1. The Hall–Kier alpha value is -3.70. The number of hydrogen-bond donors (Lipinski definition) is 2. The number of amides is 1. The highest BCUT2D eigenvalue weighted by Gasteiger charge is 2.56. The second-order valence-corrected chi connectivity index (χ2v) is 19.1. The molecule has 15 heteroatoms. The number of cyclic esters (lactones) is 1. The quantitative estimate of drug-likeness (QED) is 0.124. The summed E-state index contributed by atoms with van der Waals surface area (Å²) >= 11 is 0. The maximum Gasteiger partial charge on any atom is 0.329 e. The van der Waals surface area contributed by atoms with E-state index in [2.05, 4.69) is 4.98 Å². The molecule has 0 spiro atoms. The van der Waals surface area contributed by atoms with Gasteiger partial charge in [-0.25, -0.2) is 4.79 Å². The van der Waals surface area contributed by atoms with E-state index in [1.807, 2.05) is 39.8 Å². The Kier molecular flexibility index (Phi) is 19.2. The van der Waals surface area contributed by atoms with Crippen molar-refractivity contribution in [1.82, 2.24) is 9.88 Å². The number of allylic oxidation sites excluding steroid dienone is 3. The van der Waals surface area contributed by atoms with Gasteiger partial charge in [0.25, 0.3) is 11.7 Å². The SMILES string of the molecule is CCC1C=C(C)CC(C)CC(OC)C2OC(O)(C(=O)C(=O)N3CCCCC3C(=O)OC(C(C)=CC3CCC(OCC(=O)c4cccnc4)C(OC)C3)C(C)C(O)CC1=O)C(C)CC2OC. The molecule has 1 aromatic rings. The number of pyridine rings is 1. The van der Waals surface area contributed by atoms with Crippen molar-refractivity contribution >= 4 is 29.2 Å². The zero-order valence-corrected chi connectivity index (χ0v) is 39.9. The van der Waals surface area contributed by atoms with Gasteiger partial charge in [0.2, 0.25) is 5.79 Å². The van der Waals surface area contributed by atoms with Crippen LogP contribution in [-0.4, -0.2) is 138 Å². The van der Waals surface area contributed by atoms with Crippen molar-refractivity contribution in [2.24, 2.45) is 29.6 Å². The highest BCUT2D eigenvalue weighted by Crippen LogP contribution is 2.39. The molecule has 1 saturated carbocycles. The molecule has 14 atom stereocenters. The van der Waals surface area contributed by atoms with E-state index in [0.29, 0.717) is 62.5 Å². The summed E-state index contributed by atoms with van der Waals surface area (Å²) in [6.07, 6.45) is 6.89. The summed E-state index contributed by atoms with van der Waals surface area (Å²) in [7, 11) is 4.66. The minimum atomic E-state index is -2.52. The molecule has 4 aliphatic rings. The van der Waals surface area contributed by atoms with Gasteiger partial charge in [-0.05, 0) is 108 Å². The summed E-state index contributed by atoms with van der Waals surface area (Å²) in [6, 6.07) is 2.23. The van der Waals surface area contributed by atoms with Crippen LogP contribution in [0.5, 0.6) is 0 Å². The summed E-state index contributed by atoms with van der Waals surface area (Å²) in [4.78, 5) is 75.1. The van der Waals surface area contributed by atoms with Crippen LogP contribution < -0.4 is 0 Å². The normalized spacial score (nSPS) is 36.5. The predicted molar refractivity (Wildman–Crippen MR) is 240 cm³/mol. The molecule has 2 bridgehead atoms. The van der Waals surface area contributed by atoms with E-state index >= 15 is 0 Å². The molecule has 1 aromatic heterocycles. The topological polar surface area (TPSA) is 197 Å². The van der Waals surface area contributed by atoms with Crippen LogP contribution in [0.4, 0.5) is 0 Å². The van der Waals surface area contributed by atoms with Gasteiger partial charge in [0.05, 0.1) is 30.5 Å². The lowest BCUT2D eigenvalue weighted by Gasteiger charge is -2.47. The molecule has 3 aliphatic heterocycles. The number of piperidine rings is 1. The Morgan fingerprint density at radius 3 is 2.32 bits per heavy atom. The number of aromatic nitrogens is 1. The number of Topliss-reactive ketones (excluding diaryl/α,β-unsaturated/α-hetero) is 3. The number of esters is 1. The molecule has 15 nitrogen and oxygen atoms in total. The number of methoxy groups -OCH3 is 3. The maximum atomic E-state index is 14.5. The summed E-state index contributed by atoms with van der Waals surface area (Å²) in [5, 5.41) is 23.9. The fraction of sp³-hybridized carbons (Fsp3) is 0.720. The fourth-order valence-corrected chi connectivity index (χ4v) is 10.4. The minimum Gasteiger partial charge on any atom is -0.456 e. The number of nitrogens with zero attached hydrogens (tertiary/aromatic N) is 2. The van der Waals surface area contributed by atoms with Crippen molar-refractivity contribution < 1.29 is 62.6 Å². The van der Waals surface area contributed by atoms with Crippen LogP contribution >= 0.6 is 0 Å². The zero-order valence-electron chi connectivity index (χ0n) is 39.9. The van der Waals surface area contributed by atoms with Crippen molar-refractivity contribution in [2.45, 2.75) is 167 Å². The number of rotatable bonds is 10. The maximum absolute atomic E-state index is 14.5. The zero-order chi connectivity index (χ0) is 47.6. The molecule has 0 radical (unpaired) electrons. The Balaban J connectivity index is 1.46. The molecular weight excluding hydrogens is 837 g/mol. The average Bonchev–Trinajstić information content (AvgIpc) is 3.30. The number of ketones is 3. The van der Waals surface area contributed by atoms with Crippen LogP contribution in [0.15, 0.2) is 47.8 Å². The third-order valence-corrected chi connectivity index (χ3v) is 14.3. The number of carbonyl (C=O) groups excluding carboxylic acids is 5. The van der Waals surface area contributed by atoms with Gasteiger partial charge in [0, 0.05) is 70.0 Å². The van der Waals surface area contributed by atoms with E-state index in [1.54, 1.807) is 39.3 Å². The van der Waals surface area contributed by atoms with Crippen LogP contribution in [0, 0.1) is 29.6 Å². The molecule has 1 amide bonds. The van der Waals surface area contributed by atoms with Gasteiger partial charge in [-0.3, -0.25) is 24.2 Å². The Morgan fingerprint density at radius 2 is 1.66 bits per heavy atom. The minimum absolute atomic E-state index is 0.0190. The molecule has 2 N–H and O–H groups in total. The number of fused-ring (bicyclic) bond motifs is 3. The first kappa shape index (κ1) is 52.3. The average molecular weight is 911 g/mol. The van der Waals surface area contributed by atoms with Crippen molar-refractivity contribution in [3.8, 4) is 0 Å². The highest BCUT2D eigenvalue weighted by atomic mass is 16.7. The standard InChI is InChI=1S/C50H74N2O13/c1-10-35-21-29(2)20-30(3)22-43(61-8)46-44(62-9)24-32(5)50(59,65-46)47(56)48(57)52-19-12-11-15-37(52)49(58)64-45(33(6)38(53)26-39(35)54)31(4)23-34-16-17-41(42(25-34)60-7)63-28-40(55)36-14-13-18-51-27-36/h13-14,18,21,23,27,30,32-35,37-38,41-46,53,59H,10-12,15-17,19-20,22,24-26,28H2,1-9H3. The van der Waals surface area contributed by atoms with E-state index in [-0.39, 0.29) is 68.0 Å². The monoisotopic (exact) mass is 911 g/mol. The number of carbonyl (C=O) groups is 5. The predicted octanol–water partition coefficient (Wildman–Crippen LogP) is 5.78. The molecular formula is C50H74N2O13. The first-order valence-corrected chi connectivity index (χ1v) is 23.6. The molecule has 14 unspecified atom stereocenters. The van der Waals surface area contributed by atoms with Crippen LogP contribution in [0.1, 0.15) is 123 Å². The molecule has 5 rings (SSSR count). The van der Waals surface area contributed by atoms with E-state index < -0.39 is 77.8 Å². The van der Waals surface area contributed by atoms with Gasteiger partial charge in [-0.15, -0.1) is 0 Å². The van der Waals surface area contributed by atoms with Crippen molar-refractivity contribution in [2.75, 3.05) is 34.5 Å². The third-order valence-electron chi connectivity index (χ3n) is 14.3. The van der Waals surface area contributed by atoms with Crippen LogP contribution in [0.3, 0.4) is 0 Å². The lowest BCUT2D eigenvalue weighted by molar-refractivity contribution is -0.302. The van der Waals surface area contributed by atoms with E-state index in [0.717, 1.165) is 5.57 Å². The molecule has 65 heavy (non-hydrogen) atoms. The summed E-state index contributed by atoms with van der Waals surface area (Å²) in [5.41, 5.74) is 2.09. The van der Waals surface area contributed by atoms with E-state index in [1.165, 1.54) is 25.3 Å². The third kappa shape index (κ3) is 12.8. The number of hydrogen-bond acceptors (Lipinski definition) is 14. The summed E-state index contributed by atoms with van der Waals surface area (Å²) in [5.74, 6) is -7.90.